The average Bonchev–Trinajstić information content (AvgIpc) is 2.53. The highest BCUT2D eigenvalue weighted by molar-refractivity contribution is 5.98. The van der Waals surface area contributed by atoms with Crippen LogP contribution in [0, 0.1) is 0 Å². The van der Waals surface area contributed by atoms with Gasteiger partial charge in [-0.15, -0.1) is 0 Å². The van der Waals surface area contributed by atoms with Crippen molar-refractivity contribution in [1.29, 1.82) is 0 Å². The molecule has 2 aromatic rings. The predicted octanol–water partition coefficient (Wildman–Crippen LogP) is 0.187. The lowest BCUT2D eigenvalue weighted by atomic mass is 10.2. The fourth-order valence-corrected chi connectivity index (χ4v) is 1.61. The van der Waals surface area contributed by atoms with Crippen molar-refractivity contribution in [2.24, 2.45) is 0 Å². The molecule has 1 aliphatic rings. The standard InChI is InChI=1S/C9H7N3O3/c13-8-3-15-7-2-5-4(1-6(7)10-8)11-9(14)12-5/h1-2H,3H2,(H,10,13)(H2,11,12,14). The average molecular weight is 205 g/mol. The van der Waals surface area contributed by atoms with E-state index in [1.54, 1.807) is 12.1 Å². The van der Waals surface area contributed by atoms with Gasteiger partial charge in [-0.05, 0) is 6.07 Å². The lowest BCUT2D eigenvalue weighted by molar-refractivity contribution is -0.118. The van der Waals surface area contributed by atoms with Gasteiger partial charge in [0.15, 0.2) is 6.61 Å². The molecule has 76 valence electrons. The van der Waals surface area contributed by atoms with Crippen LogP contribution in [-0.4, -0.2) is 22.5 Å². The Kier molecular flexibility index (Phi) is 1.42. The number of carbonyl (C=O) groups excluding carboxylic acids is 1. The van der Waals surface area contributed by atoms with Gasteiger partial charge < -0.3 is 20.0 Å². The van der Waals surface area contributed by atoms with E-state index in [4.69, 9.17) is 4.74 Å². The number of benzene rings is 1. The number of amides is 1. The van der Waals surface area contributed by atoms with Gasteiger partial charge in [0.1, 0.15) is 5.75 Å². The second-order valence-corrected chi connectivity index (χ2v) is 3.31. The van der Waals surface area contributed by atoms with E-state index in [9.17, 15) is 9.59 Å². The quantitative estimate of drug-likeness (QED) is 0.573. The number of anilines is 1. The summed E-state index contributed by atoms with van der Waals surface area (Å²) in [5.74, 6) is 0.372. The zero-order valence-electron chi connectivity index (χ0n) is 7.59. The summed E-state index contributed by atoms with van der Waals surface area (Å²) in [6.07, 6.45) is 0. The Morgan fingerprint density at radius 1 is 1.13 bits per heavy atom. The Bertz CT molecular complexity index is 611. The van der Waals surface area contributed by atoms with Crippen molar-refractivity contribution >= 4 is 22.6 Å². The van der Waals surface area contributed by atoms with Gasteiger partial charge in [0, 0.05) is 6.07 Å². The van der Waals surface area contributed by atoms with Gasteiger partial charge >= 0.3 is 5.69 Å². The smallest absolute Gasteiger partial charge is 0.323 e. The van der Waals surface area contributed by atoms with Gasteiger partial charge in [-0.25, -0.2) is 4.79 Å². The molecule has 0 saturated heterocycles. The minimum atomic E-state index is -0.279. The molecule has 2 heterocycles. The number of hydrogen-bond donors (Lipinski definition) is 3. The van der Waals surface area contributed by atoms with Gasteiger partial charge in [0.05, 0.1) is 16.7 Å². The molecular formula is C9H7N3O3. The fraction of sp³-hybridized carbons (Fsp3) is 0.111. The van der Waals surface area contributed by atoms with E-state index in [2.05, 4.69) is 15.3 Å². The minimum Gasteiger partial charge on any atom is -0.482 e. The van der Waals surface area contributed by atoms with Gasteiger partial charge in [0.25, 0.3) is 5.91 Å². The summed E-state index contributed by atoms with van der Waals surface area (Å²) >= 11 is 0. The maximum absolute atomic E-state index is 11.1. The number of nitrogens with one attached hydrogen (secondary N) is 3. The van der Waals surface area contributed by atoms with E-state index in [-0.39, 0.29) is 18.2 Å². The molecule has 0 atom stereocenters. The third kappa shape index (κ3) is 1.18. The lowest BCUT2D eigenvalue weighted by Crippen LogP contribution is -2.25. The summed E-state index contributed by atoms with van der Waals surface area (Å²) in [7, 11) is 0. The van der Waals surface area contributed by atoms with Crippen LogP contribution >= 0.6 is 0 Å². The van der Waals surface area contributed by atoms with Crippen molar-refractivity contribution in [2.45, 2.75) is 0 Å². The molecule has 0 unspecified atom stereocenters. The number of hydrogen-bond acceptors (Lipinski definition) is 3. The van der Waals surface area contributed by atoms with Crippen LogP contribution in [0.3, 0.4) is 0 Å². The van der Waals surface area contributed by atoms with Gasteiger partial charge in [-0.3, -0.25) is 4.79 Å². The summed E-state index contributed by atoms with van der Waals surface area (Å²) in [6.45, 7) is 0.00710. The van der Waals surface area contributed by atoms with E-state index in [1.807, 2.05) is 0 Å². The summed E-state index contributed by atoms with van der Waals surface area (Å²) in [5.41, 5.74) is 1.60. The topological polar surface area (TPSA) is 87.0 Å². The number of fused-ring (bicyclic) bond motifs is 2. The van der Waals surface area contributed by atoms with E-state index in [0.29, 0.717) is 22.5 Å². The Morgan fingerprint density at radius 2 is 1.87 bits per heavy atom. The number of aromatic amines is 2. The van der Waals surface area contributed by atoms with Crippen LogP contribution < -0.4 is 15.7 Å². The SMILES string of the molecule is O=C1COc2cc3[nH]c(=O)[nH]c3cc2N1. The van der Waals surface area contributed by atoms with Crippen LogP contribution in [0.5, 0.6) is 5.75 Å². The Hall–Kier alpha value is -2.24. The first-order chi connectivity index (χ1) is 7.22. The van der Waals surface area contributed by atoms with Crippen LogP contribution in [0.15, 0.2) is 16.9 Å². The number of rotatable bonds is 0. The van der Waals surface area contributed by atoms with Gasteiger partial charge in [-0.1, -0.05) is 0 Å². The Morgan fingerprint density at radius 3 is 2.67 bits per heavy atom. The molecule has 0 saturated carbocycles. The van der Waals surface area contributed by atoms with Gasteiger partial charge in [0.2, 0.25) is 0 Å². The summed E-state index contributed by atoms with van der Waals surface area (Å²) in [6, 6.07) is 3.35. The van der Waals surface area contributed by atoms with E-state index in [1.165, 1.54) is 0 Å². The monoisotopic (exact) mass is 205 g/mol. The number of aromatic nitrogens is 2. The zero-order valence-corrected chi connectivity index (χ0v) is 7.59. The van der Waals surface area contributed by atoms with Crippen LogP contribution in [-0.2, 0) is 4.79 Å². The van der Waals surface area contributed by atoms with E-state index >= 15 is 0 Å². The van der Waals surface area contributed by atoms with Crippen molar-refractivity contribution in [1.82, 2.24) is 9.97 Å². The molecule has 6 heteroatoms. The van der Waals surface area contributed by atoms with Crippen LogP contribution in [0.2, 0.25) is 0 Å². The highest BCUT2D eigenvalue weighted by Gasteiger charge is 2.17. The Balaban J connectivity index is 2.27. The third-order valence-electron chi connectivity index (χ3n) is 2.25. The molecule has 3 rings (SSSR count). The number of ether oxygens (including phenoxy) is 1. The molecule has 0 bridgehead atoms. The first kappa shape index (κ1) is 8.10. The summed E-state index contributed by atoms with van der Waals surface area (Å²) in [5, 5.41) is 2.66. The van der Waals surface area contributed by atoms with E-state index in [0.717, 1.165) is 0 Å². The second kappa shape index (κ2) is 2.63. The van der Waals surface area contributed by atoms with Crippen LogP contribution in [0.4, 0.5) is 5.69 Å². The zero-order chi connectivity index (χ0) is 10.4. The molecule has 1 aromatic heterocycles. The molecule has 0 radical (unpaired) electrons. The van der Waals surface area contributed by atoms with Crippen molar-refractivity contribution < 1.29 is 9.53 Å². The molecule has 0 aliphatic carbocycles. The van der Waals surface area contributed by atoms with Crippen molar-refractivity contribution in [3.8, 4) is 5.75 Å². The molecule has 0 fully saturated rings. The summed E-state index contributed by atoms with van der Waals surface area (Å²) < 4.78 is 5.21. The normalized spacial score (nSPS) is 14.5. The minimum absolute atomic E-state index is 0.00710. The molecular weight excluding hydrogens is 198 g/mol. The highest BCUT2D eigenvalue weighted by atomic mass is 16.5. The maximum atomic E-state index is 11.1. The predicted molar refractivity (Wildman–Crippen MR) is 53.0 cm³/mol. The Labute approximate surface area is 83.3 Å². The molecule has 1 aromatic carbocycles. The van der Waals surface area contributed by atoms with E-state index < -0.39 is 0 Å². The van der Waals surface area contributed by atoms with Crippen LogP contribution in [0.1, 0.15) is 0 Å². The lowest BCUT2D eigenvalue weighted by Gasteiger charge is -2.17. The van der Waals surface area contributed by atoms with Crippen molar-refractivity contribution in [3.63, 3.8) is 0 Å². The van der Waals surface area contributed by atoms with Crippen molar-refractivity contribution in [2.75, 3.05) is 11.9 Å². The molecule has 1 amide bonds. The summed E-state index contributed by atoms with van der Waals surface area (Å²) in [4.78, 5) is 27.3. The maximum Gasteiger partial charge on any atom is 0.323 e. The first-order valence-electron chi connectivity index (χ1n) is 4.41. The molecule has 15 heavy (non-hydrogen) atoms. The second-order valence-electron chi connectivity index (χ2n) is 3.31. The number of H-pyrrole nitrogens is 2. The van der Waals surface area contributed by atoms with Gasteiger partial charge in [-0.2, -0.15) is 0 Å². The van der Waals surface area contributed by atoms with Crippen LogP contribution in [0.25, 0.3) is 11.0 Å². The number of carbonyl (C=O) groups is 1. The first-order valence-corrected chi connectivity index (χ1v) is 4.41. The number of imidazole rings is 1. The van der Waals surface area contributed by atoms with Crippen molar-refractivity contribution in [3.05, 3.63) is 22.6 Å². The fourth-order valence-electron chi connectivity index (χ4n) is 1.61. The molecule has 0 spiro atoms. The molecule has 3 N–H and O–H groups in total. The third-order valence-corrected chi connectivity index (χ3v) is 2.25. The largest absolute Gasteiger partial charge is 0.482 e. The molecule has 6 nitrogen and oxygen atoms in total. The molecule has 1 aliphatic heterocycles. The highest BCUT2D eigenvalue weighted by Crippen LogP contribution is 2.30.